The lowest BCUT2D eigenvalue weighted by Gasteiger charge is -2.13. The summed E-state index contributed by atoms with van der Waals surface area (Å²) in [6, 6.07) is 16.4. The summed E-state index contributed by atoms with van der Waals surface area (Å²) in [5, 5.41) is 6.87. The molecule has 1 heterocycles. The maximum absolute atomic E-state index is 12.5. The van der Waals surface area contributed by atoms with Crippen molar-refractivity contribution in [2.75, 3.05) is 5.32 Å². The number of halogens is 2. The van der Waals surface area contributed by atoms with E-state index in [2.05, 4.69) is 22.5 Å². The van der Waals surface area contributed by atoms with Gasteiger partial charge >= 0.3 is 0 Å². The number of nitrogens with zero attached hydrogens (tertiary/aromatic N) is 1. The van der Waals surface area contributed by atoms with Crippen LogP contribution in [0.1, 0.15) is 28.4 Å². The average Bonchev–Trinajstić information content (AvgIpc) is 3.19. The molecule has 162 valence electrons. The van der Waals surface area contributed by atoms with Crippen LogP contribution in [0.3, 0.4) is 0 Å². The van der Waals surface area contributed by atoms with E-state index < -0.39 is 0 Å². The topological polar surface area (TPSA) is 67.2 Å². The van der Waals surface area contributed by atoms with E-state index in [0.717, 1.165) is 28.8 Å². The van der Waals surface area contributed by atoms with E-state index in [1.165, 1.54) is 0 Å². The number of hydrogen-bond acceptors (Lipinski definition) is 4. The van der Waals surface area contributed by atoms with E-state index in [-0.39, 0.29) is 11.0 Å². The van der Waals surface area contributed by atoms with Gasteiger partial charge in [0.1, 0.15) is 5.52 Å². The van der Waals surface area contributed by atoms with Crippen LogP contribution in [0.25, 0.3) is 22.6 Å². The summed E-state index contributed by atoms with van der Waals surface area (Å²) >= 11 is 17.6. The highest BCUT2D eigenvalue weighted by Crippen LogP contribution is 2.33. The first-order valence-electron chi connectivity index (χ1n) is 9.92. The minimum absolute atomic E-state index is 0.196. The van der Waals surface area contributed by atoms with Gasteiger partial charge in [-0.15, -0.1) is 0 Å². The molecule has 1 aromatic heterocycles. The summed E-state index contributed by atoms with van der Waals surface area (Å²) in [6.07, 6.45) is 0.914. The minimum Gasteiger partial charge on any atom is -0.435 e. The van der Waals surface area contributed by atoms with Crippen molar-refractivity contribution in [2.24, 2.45) is 0 Å². The number of aromatic nitrogens is 1. The van der Waals surface area contributed by atoms with Gasteiger partial charge in [-0.1, -0.05) is 48.3 Å². The molecular weight excluding hydrogens is 465 g/mol. The Balaban J connectivity index is 1.53. The lowest BCUT2D eigenvalue weighted by molar-refractivity contribution is 0.0977. The number of thiocarbonyl (C=S) groups is 1. The number of rotatable bonds is 4. The van der Waals surface area contributed by atoms with E-state index in [1.54, 1.807) is 24.3 Å². The van der Waals surface area contributed by atoms with Crippen LogP contribution < -0.4 is 10.6 Å². The molecule has 0 atom stereocenters. The molecule has 0 radical (unpaired) electrons. The standard InChI is InChI=1S/C24H19Cl2N3O2S/c1-3-14-5-8-15(9-6-14)22(30)29-24(32)28-19-10-16(7-4-13(19)2)23-27-20-12-17(25)11-18(26)21(20)31-23/h4-12H,3H2,1-2H3,(H2,28,29,30,32). The number of hydrogen-bond donors (Lipinski definition) is 2. The fraction of sp³-hybridized carbons (Fsp3) is 0.125. The highest BCUT2D eigenvalue weighted by atomic mass is 35.5. The molecule has 0 aliphatic heterocycles. The highest BCUT2D eigenvalue weighted by Gasteiger charge is 2.14. The number of aryl methyl sites for hydroxylation is 2. The van der Waals surface area contributed by atoms with Crippen LogP contribution in [0.15, 0.2) is 59.0 Å². The second-order valence-corrected chi connectivity index (χ2v) is 8.50. The van der Waals surface area contributed by atoms with Gasteiger partial charge in [0, 0.05) is 21.8 Å². The maximum atomic E-state index is 12.5. The zero-order chi connectivity index (χ0) is 22.8. The predicted octanol–water partition coefficient (Wildman–Crippen LogP) is 6.80. The van der Waals surface area contributed by atoms with Gasteiger partial charge in [0.2, 0.25) is 5.89 Å². The van der Waals surface area contributed by atoms with Crippen LogP contribution in [-0.4, -0.2) is 16.0 Å². The van der Waals surface area contributed by atoms with Crippen LogP contribution in [0.5, 0.6) is 0 Å². The summed E-state index contributed by atoms with van der Waals surface area (Å²) in [4.78, 5) is 17.0. The molecule has 5 nitrogen and oxygen atoms in total. The molecule has 3 aromatic carbocycles. The molecule has 32 heavy (non-hydrogen) atoms. The smallest absolute Gasteiger partial charge is 0.257 e. The Morgan fingerprint density at radius 2 is 1.84 bits per heavy atom. The second kappa shape index (κ2) is 9.28. The first-order valence-corrected chi connectivity index (χ1v) is 11.1. The van der Waals surface area contributed by atoms with Crippen LogP contribution in [-0.2, 0) is 6.42 Å². The van der Waals surface area contributed by atoms with Crippen LogP contribution in [0.2, 0.25) is 10.0 Å². The summed E-state index contributed by atoms with van der Waals surface area (Å²) < 4.78 is 5.85. The van der Waals surface area contributed by atoms with Crippen molar-refractivity contribution in [2.45, 2.75) is 20.3 Å². The Bertz CT molecular complexity index is 1330. The number of anilines is 1. The molecule has 8 heteroatoms. The third-order valence-electron chi connectivity index (χ3n) is 4.99. The van der Waals surface area contributed by atoms with E-state index >= 15 is 0 Å². The molecule has 2 N–H and O–H groups in total. The summed E-state index contributed by atoms with van der Waals surface area (Å²) in [5.74, 6) is 0.127. The Morgan fingerprint density at radius 1 is 1.09 bits per heavy atom. The molecule has 4 aromatic rings. The van der Waals surface area contributed by atoms with Crippen molar-refractivity contribution in [3.63, 3.8) is 0 Å². The van der Waals surface area contributed by atoms with Gasteiger partial charge in [-0.05, 0) is 73.1 Å². The first kappa shape index (κ1) is 22.3. The molecule has 0 spiro atoms. The molecule has 0 bridgehead atoms. The van der Waals surface area contributed by atoms with Crippen molar-refractivity contribution in [3.8, 4) is 11.5 Å². The quantitative estimate of drug-likeness (QED) is 0.312. The average molecular weight is 484 g/mol. The van der Waals surface area contributed by atoms with Gasteiger partial charge in [0.15, 0.2) is 10.7 Å². The van der Waals surface area contributed by atoms with E-state index in [1.807, 2.05) is 37.3 Å². The third kappa shape index (κ3) is 4.78. The third-order valence-corrected chi connectivity index (χ3v) is 5.70. The number of fused-ring (bicyclic) bond motifs is 1. The van der Waals surface area contributed by atoms with Crippen LogP contribution in [0, 0.1) is 6.92 Å². The molecule has 4 rings (SSSR count). The lowest BCUT2D eigenvalue weighted by Crippen LogP contribution is -2.34. The monoisotopic (exact) mass is 483 g/mol. The number of nitrogens with one attached hydrogen (secondary N) is 2. The van der Waals surface area contributed by atoms with Crippen molar-refractivity contribution in [1.82, 2.24) is 10.3 Å². The van der Waals surface area contributed by atoms with Gasteiger partial charge in [-0.2, -0.15) is 0 Å². The van der Waals surface area contributed by atoms with Crippen LogP contribution in [0.4, 0.5) is 5.69 Å². The molecule has 0 aliphatic carbocycles. The van der Waals surface area contributed by atoms with Crippen molar-refractivity contribution >= 4 is 63.2 Å². The van der Waals surface area contributed by atoms with E-state index in [4.69, 9.17) is 39.8 Å². The van der Waals surface area contributed by atoms with Gasteiger partial charge in [-0.3, -0.25) is 10.1 Å². The summed E-state index contributed by atoms with van der Waals surface area (Å²) in [7, 11) is 0. The Labute approximate surface area is 200 Å². The van der Waals surface area contributed by atoms with Crippen molar-refractivity contribution in [1.29, 1.82) is 0 Å². The number of carbonyl (C=O) groups excluding carboxylic acids is 1. The number of oxazole rings is 1. The first-order chi connectivity index (χ1) is 15.3. The highest BCUT2D eigenvalue weighted by molar-refractivity contribution is 7.80. The number of amides is 1. The summed E-state index contributed by atoms with van der Waals surface area (Å²) in [6.45, 7) is 4.00. The van der Waals surface area contributed by atoms with Gasteiger partial charge in [0.25, 0.3) is 5.91 Å². The van der Waals surface area contributed by atoms with Crippen molar-refractivity contribution < 1.29 is 9.21 Å². The van der Waals surface area contributed by atoms with E-state index in [9.17, 15) is 4.79 Å². The molecule has 0 unspecified atom stereocenters. The lowest BCUT2D eigenvalue weighted by atomic mass is 10.1. The van der Waals surface area contributed by atoms with Crippen LogP contribution >= 0.6 is 35.4 Å². The summed E-state index contributed by atoms with van der Waals surface area (Å²) in [5.41, 5.74) is 5.14. The molecule has 0 saturated heterocycles. The second-order valence-electron chi connectivity index (χ2n) is 7.24. The predicted molar refractivity (Wildman–Crippen MR) is 134 cm³/mol. The molecule has 1 amide bonds. The molecular formula is C24H19Cl2N3O2S. The normalized spacial score (nSPS) is 10.9. The number of benzene rings is 3. The fourth-order valence-corrected chi connectivity index (χ4v) is 3.92. The maximum Gasteiger partial charge on any atom is 0.257 e. The SMILES string of the molecule is CCc1ccc(C(=O)NC(=S)Nc2cc(-c3nc4cc(Cl)cc(Cl)c4o3)ccc2C)cc1. The minimum atomic E-state index is -0.274. The Hall–Kier alpha value is -2.93. The Morgan fingerprint density at radius 3 is 2.56 bits per heavy atom. The molecule has 0 saturated carbocycles. The van der Waals surface area contributed by atoms with Gasteiger partial charge in [-0.25, -0.2) is 4.98 Å². The zero-order valence-corrected chi connectivity index (χ0v) is 19.7. The zero-order valence-electron chi connectivity index (χ0n) is 17.3. The fourth-order valence-electron chi connectivity index (χ4n) is 3.19. The van der Waals surface area contributed by atoms with Crippen molar-refractivity contribution in [3.05, 3.63) is 81.3 Å². The van der Waals surface area contributed by atoms with E-state index in [0.29, 0.717) is 32.6 Å². The largest absolute Gasteiger partial charge is 0.435 e. The Kier molecular flexibility index (Phi) is 6.46. The van der Waals surface area contributed by atoms with Gasteiger partial charge in [0.05, 0.1) is 5.02 Å². The van der Waals surface area contributed by atoms with Gasteiger partial charge < -0.3 is 9.73 Å². The number of carbonyl (C=O) groups is 1. The molecule has 0 fully saturated rings. The molecule has 0 aliphatic rings.